The summed E-state index contributed by atoms with van der Waals surface area (Å²) in [5.74, 6) is 4.43. The van der Waals surface area contributed by atoms with Crippen LogP contribution in [0.5, 0.6) is 11.5 Å². The maximum atomic E-state index is 6.24. The molecule has 28 heavy (non-hydrogen) atoms. The molecule has 9 nitrogen and oxygen atoms in total. The number of hydrogen-bond donors (Lipinski definition) is 1. The largest absolute Gasteiger partial charge is 0.493 e. The average Bonchev–Trinajstić information content (AvgIpc) is 3.11. The highest BCUT2D eigenvalue weighted by Crippen LogP contribution is 2.35. The summed E-state index contributed by atoms with van der Waals surface area (Å²) in [6.07, 6.45) is 0. The van der Waals surface area contributed by atoms with E-state index in [1.165, 1.54) is 0 Å². The molecule has 1 aliphatic rings. The van der Waals surface area contributed by atoms with E-state index in [9.17, 15) is 0 Å². The van der Waals surface area contributed by atoms with E-state index in [-0.39, 0.29) is 6.04 Å². The van der Waals surface area contributed by atoms with E-state index in [0.29, 0.717) is 41.2 Å². The summed E-state index contributed by atoms with van der Waals surface area (Å²) in [4.78, 5) is 11.4. The van der Waals surface area contributed by atoms with Crippen LogP contribution in [0.25, 0.3) is 10.9 Å². The smallest absolute Gasteiger partial charge is 0.228 e. The average molecular weight is 383 g/mol. The molecule has 0 amide bonds. The molecule has 0 spiro atoms. The Kier molecular flexibility index (Phi) is 4.44. The molecule has 148 valence electrons. The summed E-state index contributed by atoms with van der Waals surface area (Å²) in [7, 11) is 3.19. The second kappa shape index (κ2) is 6.81. The molecule has 0 saturated heterocycles. The SMILES string of the molecule is COc1cc2nc(N3Cc4nnc(C(C)C)n4[C@@H](C)C3)nc(N)c2cc1OC. The Hall–Kier alpha value is -3.10. The van der Waals surface area contributed by atoms with E-state index >= 15 is 0 Å². The number of ether oxygens (including phenoxy) is 2. The summed E-state index contributed by atoms with van der Waals surface area (Å²) in [5.41, 5.74) is 6.96. The molecule has 3 heterocycles. The van der Waals surface area contributed by atoms with Crippen LogP contribution in [0.3, 0.4) is 0 Å². The maximum Gasteiger partial charge on any atom is 0.228 e. The second-order valence-electron chi connectivity index (χ2n) is 7.36. The lowest BCUT2D eigenvalue weighted by atomic mass is 10.1. The van der Waals surface area contributed by atoms with Gasteiger partial charge < -0.3 is 24.7 Å². The van der Waals surface area contributed by atoms with Gasteiger partial charge in [-0.3, -0.25) is 0 Å². The van der Waals surface area contributed by atoms with E-state index in [1.54, 1.807) is 20.3 Å². The fourth-order valence-electron chi connectivity index (χ4n) is 3.72. The Labute approximate surface area is 163 Å². The molecule has 0 fully saturated rings. The fraction of sp³-hybridized carbons (Fsp3) is 0.474. The van der Waals surface area contributed by atoms with Crippen molar-refractivity contribution in [1.82, 2.24) is 24.7 Å². The van der Waals surface area contributed by atoms with Crippen molar-refractivity contribution >= 4 is 22.7 Å². The molecular weight excluding hydrogens is 358 g/mol. The van der Waals surface area contributed by atoms with Crippen molar-refractivity contribution in [1.29, 1.82) is 0 Å². The van der Waals surface area contributed by atoms with Crippen LogP contribution >= 0.6 is 0 Å². The molecule has 1 atom stereocenters. The van der Waals surface area contributed by atoms with Gasteiger partial charge in [0.05, 0.1) is 32.3 Å². The van der Waals surface area contributed by atoms with Gasteiger partial charge in [0.2, 0.25) is 5.95 Å². The lowest BCUT2D eigenvalue weighted by Gasteiger charge is -2.33. The number of nitrogens with two attached hydrogens (primary N) is 1. The zero-order chi connectivity index (χ0) is 20.0. The summed E-state index contributed by atoms with van der Waals surface area (Å²) in [5, 5.41) is 9.50. The van der Waals surface area contributed by atoms with Crippen molar-refractivity contribution in [2.24, 2.45) is 0 Å². The first kappa shape index (κ1) is 18.3. The van der Waals surface area contributed by atoms with Crippen molar-refractivity contribution in [3.8, 4) is 11.5 Å². The van der Waals surface area contributed by atoms with Gasteiger partial charge in [-0.15, -0.1) is 10.2 Å². The van der Waals surface area contributed by atoms with Crippen molar-refractivity contribution in [3.05, 3.63) is 23.8 Å². The van der Waals surface area contributed by atoms with Gasteiger partial charge in [-0.2, -0.15) is 4.98 Å². The third-order valence-electron chi connectivity index (χ3n) is 5.07. The minimum absolute atomic E-state index is 0.210. The highest BCUT2D eigenvalue weighted by Gasteiger charge is 2.29. The van der Waals surface area contributed by atoms with E-state index in [0.717, 1.165) is 23.6 Å². The zero-order valence-corrected chi connectivity index (χ0v) is 16.8. The molecule has 1 aliphatic heterocycles. The van der Waals surface area contributed by atoms with Gasteiger partial charge in [0.25, 0.3) is 0 Å². The van der Waals surface area contributed by atoms with Gasteiger partial charge >= 0.3 is 0 Å². The van der Waals surface area contributed by atoms with Gasteiger partial charge in [0.1, 0.15) is 11.6 Å². The van der Waals surface area contributed by atoms with Crippen LogP contribution in [0.15, 0.2) is 12.1 Å². The van der Waals surface area contributed by atoms with Gasteiger partial charge in [-0.1, -0.05) is 13.8 Å². The Morgan fingerprint density at radius 2 is 1.82 bits per heavy atom. The van der Waals surface area contributed by atoms with Crippen molar-refractivity contribution in [3.63, 3.8) is 0 Å². The lowest BCUT2D eigenvalue weighted by molar-refractivity contribution is 0.356. The molecule has 0 saturated carbocycles. The quantitative estimate of drug-likeness (QED) is 0.733. The van der Waals surface area contributed by atoms with E-state index < -0.39 is 0 Å². The summed E-state index contributed by atoms with van der Waals surface area (Å²) in [6.45, 7) is 7.75. The first-order chi connectivity index (χ1) is 13.4. The van der Waals surface area contributed by atoms with Crippen LogP contribution < -0.4 is 20.1 Å². The van der Waals surface area contributed by atoms with Gasteiger partial charge in [0, 0.05) is 23.9 Å². The molecule has 3 aromatic rings. The van der Waals surface area contributed by atoms with Crippen LogP contribution in [-0.4, -0.2) is 45.5 Å². The topological polar surface area (TPSA) is 104 Å². The third kappa shape index (κ3) is 2.87. The van der Waals surface area contributed by atoms with Gasteiger partial charge in [-0.05, 0) is 13.0 Å². The summed E-state index contributed by atoms with van der Waals surface area (Å²) < 4.78 is 13.0. The number of nitrogen functional groups attached to an aromatic ring is 1. The minimum Gasteiger partial charge on any atom is -0.493 e. The predicted molar refractivity (Wildman–Crippen MR) is 107 cm³/mol. The number of methoxy groups -OCH3 is 2. The van der Waals surface area contributed by atoms with Gasteiger partial charge in [0.15, 0.2) is 17.3 Å². The number of aromatic nitrogens is 5. The normalized spacial score (nSPS) is 16.5. The lowest BCUT2D eigenvalue weighted by Crippen LogP contribution is -2.38. The molecule has 0 unspecified atom stereocenters. The summed E-state index contributed by atoms with van der Waals surface area (Å²) >= 11 is 0. The second-order valence-corrected chi connectivity index (χ2v) is 7.36. The number of anilines is 2. The van der Waals surface area contributed by atoms with E-state index in [1.807, 2.05) is 6.07 Å². The number of hydrogen-bond acceptors (Lipinski definition) is 8. The Balaban J connectivity index is 1.75. The number of nitrogens with zero attached hydrogens (tertiary/aromatic N) is 6. The third-order valence-corrected chi connectivity index (χ3v) is 5.07. The molecule has 4 rings (SSSR count). The van der Waals surface area contributed by atoms with Crippen LogP contribution in [0.4, 0.5) is 11.8 Å². The minimum atomic E-state index is 0.210. The molecule has 0 aliphatic carbocycles. The molecule has 1 aromatic carbocycles. The molecule has 0 radical (unpaired) electrons. The number of benzene rings is 1. The number of fused-ring (bicyclic) bond motifs is 2. The maximum absolute atomic E-state index is 6.24. The van der Waals surface area contributed by atoms with Crippen molar-refractivity contribution < 1.29 is 9.47 Å². The first-order valence-electron chi connectivity index (χ1n) is 9.30. The Morgan fingerprint density at radius 3 is 2.50 bits per heavy atom. The fourth-order valence-corrected chi connectivity index (χ4v) is 3.72. The van der Waals surface area contributed by atoms with Crippen molar-refractivity contribution in [2.75, 3.05) is 31.4 Å². The van der Waals surface area contributed by atoms with Crippen LogP contribution in [-0.2, 0) is 6.54 Å². The molecule has 2 aromatic heterocycles. The van der Waals surface area contributed by atoms with Crippen molar-refractivity contribution in [2.45, 2.75) is 39.3 Å². The predicted octanol–water partition coefficient (Wildman–Crippen LogP) is 2.53. The highest BCUT2D eigenvalue weighted by atomic mass is 16.5. The molecule has 2 N–H and O–H groups in total. The van der Waals surface area contributed by atoms with E-state index in [2.05, 4.69) is 45.4 Å². The zero-order valence-electron chi connectivity index (χ0n) is 16.8. The van der Waals surface area contributed by atoms with E-state index in [4.69, 9.17) is 20.2 Å². The van der Waals surface area contributed by atoms with Crippen LogP contribution in [0, 0.1) is 0 Å². The highest BCUT2D eigenvalue weighted by molar-refractivity contribution is 5.91. The Bertz CT molecular complexity index is 1030. The molecule has 9 heteroatoms. The monoisotopic (exact) mass is 383 g/mol. The molecular formula is C19H25N7O2. The first-order valence-corrected chi connectivity index (χ1v) is 9.30. The van der Waals surface area contributed by atoms with Gasteiger partial charge in [-0.25, -0.2) is 4.98 Å². The Morgan fingerprint density at radius 1 is 1.11 bits per heavy atom. The van der Waals surface area contributed by atoms with Crippen LogP contribution in [0.1, 0.15) is 44.4 Å². The standard InChI is InChI=1S/C19H25N7O2/c1-10(2)18-24-23-16-9-25(8-11(3)26(16)18)19-21-13-7-15(28-5)14(27-4)6-12(13)17(20)22-19/h6-7,10-11H,8-9H2,1-5H3,(H2,20,21,22)/t11-/m0/s1. The number of rotatable bonds is 4. The summed E-state index contributed by atoms with van der Waals surface area (Å²) in [6, 6.07) is 3.84. The molecule has 0 bridgehead atoms. The van der Waals surface area contributed by atoms with Crippen LogP contribution in [0.2, 0.25) is 0 Å².